The maximum Gasteiger partial charge on any atom is 0.248 e. The Hall–Kier alpha value is -3.97. The van der Waals surface area contributed by atoms with E-state index >= 15 is 0 Å². The van der Waals surface area contributed by atoms with Gasteiger partial charge in [0.15, 0.2) is 7.49 Å². The summed E-state index contributed by atoms with van der Waals surface area (Å²) in [5.41, 5.74) is 11.6. The largest absolute Gasteiger partial charge is 0.414 e. The van der Waals surface area contributed by atoms with Gasteiger partial charge in [0.1, 0.15) is 15.9 Å². The lowest BCUT2D eigenvalue weighted by Gasteiger charge is -2.52. The Kier molecular flexibility index (Phi) is 6.69. The highest BCUT2D eigenvalue weighted by Crippen LogP contribution is 2.61. The van der Waals surface area contributed by atoms with Crippen LogP contribution in [0, 0.1) is 41.5 Å². The zero-order valence-electron chi connectivity index (χ0n) is 26.0. The molecule has 3 heteroatoms. The predicted octanol–water partition coefficient (Wildman–Crippen LogP) is 6.90. The lowest BCUT2D eigenvalue weighted by atomic mass is 9.26. The molecule has 0 aromatic heterocycles. The summed E-state index contributed by atoms with van der Waals surface area (Å²) in [6.07, 6.45) is -1.88. The Morgan fingerprint density at radius 3 is 1.40 bits per heavy atom. The Balaban J connectivity index is 1.78. The molecule has 0 bridgehead atoms. The average molecular weight is 577 g/mol. The Bertz CT molecular complexity index is 1860. The van der Waals surface area contributed by atoms with Crippen molar-refractivity contribution in [1.29, 1.82) is 0 Å². The first-order valence-corrected chi connectivity index (χ1v) is 17.0. The van der Waals surface area contributed by atoms with Crippen LogP contribution in [-0.2, 0) is 4.44 Å². The molecule has 43 heavy (non-hydrogen) atoms. The lowest BCUT2D eigenvalue weighted by Crippen LogP contribution is -2.74. The molecule has 0 radical (unpaired) electrons. The summed E-state index contributed by atoms with van der Waals surface area (Å²) in [7, 11) is -2.63. The van der Waals surface area contributed by atoms with Crippen LogP contribution >= 0.6 is 7.49 Å². The highest BCUT2D eigenvalue weighted by atomic mass is 31.2. The van der Waals surface area contributed by atoms with Gasteiger partial charge in [-0.05, 0) is 82.6 Å². The first-order chi connectivity index (χ1) is 20.8. The standard InChI is InChI=1S/C40H38BOP/c1-27-23-29(3)39(30(4)24-27)41(40-31(5)25-28(2)26-32(40)6)36-21-13-15-33-16-14-22-37(38(33)36)43(42-41,34-17-9-7-10-18-34)35-19-11-8-12-20-35/h7-26H,1-6H3. The normalized spacial score (nSPS) is 15.0. The second-order valence-corrected chi connectivity index (χ2v) is 15.5. The predicted molar refractivity (Wildman–Crippen MR) is 190 cm³/mol. The molecule has 7 rings (SSSR count). The van der Waals surface area contributed by atoms with Gasteiger partial charge in [0, 0.05) is 0 Å². The molecule has 0 aliphatic carbocycles. The van der Waals surface area contributed by atoms with Crippen LogP contribution in [0.4, 0.5) is 0 Å². The fourth-order valence-electron chi connectivity index (χ4n) is 8.35. The minimum Gasteiger partial charge on any atom is -0.414 e. The SMILES string of the molecule is Cc1cc(C)c([B-]2(c3c(C)cc(C)cc3C)O[P+](c3ccccc3)(c3ccccc3)c3cccc4cccc2c34)c(C)c1. The third-order valence-electron chi connectivity index (χ3n) is 9.54. The molecule has 1 nitrogen and oxygen atoms in total. The fraction of sp³-hybridized carbons (Fsp3) is 0.150. The van der Waals surface area contributed by atoms with Crippen LogP contribution in [0.15, 0.2) is 121 Å². The van der Waals surface area contributed by atoms with E-state index in [4.69, 9.17) is 4.44 Å². The van der Waals surface area contributed by atoms with Gasteiger partial charge in [-0.15, -0.1) is 0 Å². The third-order valence-corrected chi connectivity index (χ3v) is 13.3. The minimum atomic E-state index is -2.63. The van der Waals surface area contributed by atoms with Gasteiger partial charge in [0.05, 0.1) is 0 Å². The number of rotatable bonds is 4. The van der Waals surface area contributed by atoms with Crippen molar-refractivity contribution in [2.75, 3.05) is 0 Å². The van der Waals surface area contributed by atoms with Crippen molar-refractivity contribution in [3.05, 3.63) is 155 Å². The van der Waals surface area contributed by atoms with Gasteiger partial charge < -0.3 is 4.44 Å². The zero-order valence-corrected chi connectivity index (χ0v) is 26.9. The summed E-state index contributed by atoms with van der Waals surface area (Å²) in [5, 5.41) is 6.42. The van der Waals surface area contributed by atoms with E-state index in [2.05, 4.69) is 163 Å². The van der Waals surface area contributed by atoms with Crippen molar-refractivity contribution in [2.24, 2.45) is 0 Å². The van der Waals surface area contributed by atoms with E-state index < -0.39 is 13.8 Å². The maximum absolute atomic E-state index is 8.40. The van der Waals surface area contributed by atoms with Crippen LogP contribution < -0.4 is 32.3 Å². The molecule has 0 spiro atoms. The highest BCUT2D eigenvalue weighted by molar-refractivity contribution is 7.93. The molecular weight excluding hydrogens is 538 g/mol. The number of hydrogen-bond acceptors (Lipinski definition) is 1. The average Bonchev–Trinajstić information content (AvgIpc) is 2.99. The van der Waals surface area contributed by atoms with E-state index in [0.717, 1.165) is 0 Å². The molecule has 6 aromatic rings. The van der Waals surface area contributed by atoms with Crippen molar-refractivity contribution >= 4 is 56.9 Å². The molecule has 0 N–H and O–H groups in total. The topological polar surface area (TPSA) is 9.23 Å². The summed E-state index contributed by atoms with van der Waals surface area (Å²) in [6.45, 7) is 13.5. The van der Waals surface area contributed by atoms with Gasteiger partial charge in [-0.1, -0.05) is 124 Å². The first kappa shape index (κ1) is 27.8. The number of hydrogen-bond donors (Lipinski definition) is 0. The lowest BCUT2D eigenvalue weighted by molar-refractivity contribution is 0.644. The molecule has 1 aliphatic rings. The summed E-state index contributed by atoms with van der Waals surface area (Å²) in [5.74, 6) is 0. The van der Waals surface area contributed by atoms with Gasteiger partial charge >= 0.3 is 0 Å². The van der Waals surface area contributed by atoms with Crippen molar-refractivity contribution < 1.29 is 4.44 Å². The molecule has 1 aliphatic heterocycles. The van der Waals surface area contributed by atoms with Gasteiger partial charge in [-0.25, -0.2) is 0 Å². The maximum atomic E-state index is 8.40. The van der Waals surface area contributed by atoms with Crippen LogP contribution in [0.5, 0.6) is 0 Å². The van der Waals surface area contributed by atoms with Crippen molar-refractivity contribution in [3.63, 3.8) is 0 Å². The van der Waals surface area contributed by atoms with E-state index in [9.17, 15) is 0 Å². The second-order valence-electron chi connectivity index (χ2n) is 12.5. The molecule has 0 saturated heterocycles. The second kappa shape index (κ2) is 10.3. The van der Waals surface area contributed by atoms with Crippen molar-refractivity contribution in [1.82, 2.24) is 0 Å². The molecule has 0 amide bonds. The summed E-state index contributed by atoms with van der Waals surface area (Å²) in [4.78, 5) is 0. The number of aryl methyl sites for hydroxylation is 6. The van der Waals surface area contributed by atoms with E-state index in [0.29, 0.717) is 0 Å². The molecule has 6 aromatic carbocycles. The summed E-state index contributed by atoms with van der Waals surface area (Å²) < 4.78 is 8.40. The molecule has 0 unspecified atom stereocenters. The Labute approximate surface area is 257 Å². The van der Waals surface area contributed by atoms with E-state index in [1.807, 2.05) is 0 Å². The summed E-state index contributed by atoms with van der Waals surface area (Å²) in [6, 6.07) is 45.2. The molecule has 0 atom stereocenters. The van der Waals surface area contributed by atoms with Crippen LogP contribution in [0.2, 0.25) is 0 Å². The molecule has 0 saturated carbocycles. The molecule has 212 valence electrons. The quantitative estimate of drug-likeness (QED) is 0.164. The van der Waals surface area contributed by atoms with Crippen LogP contribution in [0.25, 0.3) is 10.8 Å². The van der Waals surface area contributed by atoms with Crippen LogP contribution in [-0.4, -0.2) is 6.35 Å². The Morgan fingerprint density at radius 1 is 0.488 bits per heavy atom. The van der Waals surface area contributed by atoms with Crippen LogP contribution in [0.3, 0.4) is 0 Å². The van der Waals surface area contributed by atoms with Crippen molar-refractivity contribution in [3.8, 4) is 0 Å². The zero-order chi connectivity index (χ0) is 29.9. The fourth-order valence-corrected chi connectivity index (χ4v) is 12.4. The molecular formula is C40H38BOP. The number of benzene rings is 6. The first-order valence-electron chi connectivity index (χ1n) is 15.3. The van der Waals surface area contributed by atoms with Gasteiger partial charge in [-0.3, -0.25) is 0 Å². The van der Waals surface area contributed by atoms with E-state index in [1.165, 1.54) is 76.5 Å². The Morgan fingerprint density at radius 2 is 0.930 bits per heavy atom. The minimum absolute atomic E-state index is 1.25. The van der Waals surface area contributed by atoms with E-state index in [-0.39, 0.29) is 0 Å². The van der Waals surface area contributed by atoms with Gasteiger partial charge in [0.2, 0.25) is 6.35 Å². The summed E-state index contributed by atoms with van der Waals surface area (Å²) >= 11 is 0. The highest BCUT2D eigenvalue weighted by Gasteiger charge is 2.57. The van der Waals surface area contributed by atoms with Gasteiger partial charge in [0.25, 0.3) is 0 Å². The molecule has 1 heterocycles. The van der Waals surface area contributed by atoms with Crippen molar-refractivity contribution in [2.45, 2.75) is 41.5 Å². The monoisotopic (exact) mass is 576 g/mol. The van der Waals surface area contributed by atoms with E-state index in [1.54, 1.807) is 0 Å². The smallest absolute Gasteiger partial charge is 0.248 e. The van der Waals surface area contributed by atoms with Gasteiger partial charge in [-0.2, -0.15) is 16.4 Å². The van der Waals surface area contributed by atoms with Crippen LogP contribution in [0.1, 0.15) is 33.4 Å². The molecule has 0 fully saturated rings. The third kappa shape index (κ3) is 4.08.